The molecule has 0 aliphatic rings. The standard InChI is InChI=1S/C13H12N2O5/c1-19-12-5-4-9(15(17)18)7-13(12)20-8-11(16)10-3-2-6-14-10/h2-7,14H,8H2,1H3. The van der Waals surface area contributed by atoms with Crippen molar-refractivity contribution in [1.29, 1.82) is 0 Å². The molecule has 2 aromatic rings. The van der Waals surface area contributed by atoms with Gasteiger partial charge in [-0.1, -0.05) is 0 Å². The van der Waals surface area contributed by atoms with Crippen molar-refractivity contribution in [3.05, 3.63) is 52.3 Å². The summed E-state index contributed by atoms with van der Waals surface area (Å²) >= 11 is 0. The highest BCUT2D eigenvalue weighted by atomic mass is 16.6. The predicted molar refractivity (Wildman–Crippen MR) is 70.3 cm³/mol. The Labute approximate surface area is 114 Å². The van der Waals surface area contributed by atoms with Crippen molar-refractivity contribution in [2.24, 2.45) is 0 Å². The van der Waals surface area contributed by atoms with E-state index in [4.69, 9.17) is 9.47 Å². The van der Waals surface area contributed by atoms with Gasteiger partial charge in [-0.25, -0.2) is 0 Å². The first kappa shape index (κ1) is 13.6. The molecule has 1 N–H and O–H groups in total. The maximum Gasteiger partial charge on any atom is 0.273 e. The normalized spacial score (nSPS) is 10.1. The van der Waals surface area contributed by atoms with Gasteiger partial charge in [0.15, 0.2) is 18.1 Å². The van der Waals surface area contributed by atoms with Crippen molar-refractivity contribution in [3.8, 4) is 11.5 Å². The van der Waals surface area contributed by atoms with E-state index < -0.39 is 4.92 Å². The molecule has 0 unspecified atom stereocenters. The van der Waals surface area contributed by atoms with Gasteiger partial charge in [0, 0.05) is 12.3 Å². The van der Waals surface area contributed by atoms with Gasteiger partial charge in [-0.05, 0) is 18.2 Å². The Bertz CT molecular complexity index is 622. The second kappa shape index (κ2) is 5.87. The number of non-ortho nitro benzene ring substituents is 1. The molecule has 0 saturated carbocycles. The summed E-state index contributed by atoms with van der Waals surface area (Å²) < 4.78 is 10.3. The molecular weight excluding hydrogens is 264 g/mol. The van der Waals surface area contributed by atoms with Crippen LogP contribution in [0, 0.1) is 10.1 Å². The van der Waals surface area contributed by atoms with Gasteiger partial charge < -0.3 is 14.5 Å². The number of benzene rings is 1. The number of hydrogen-bond acceptors (Lipinski definition) is 5. The number of methoxy groups -OCH3 is 1. The Kier molecular flexibility index (Phi) is 3.99. The molecule has 7 heteroatoms. The summed E-state index contributed by atoms with van der Waals surface area (Å²) in [5.74, 6) is 0.222. The molecule has 1 heterocycles. The molecular formula is C13H12N2O5. The molecule has 1 aromatic carbocycles. The highest BCUT2D eigenvalue weighted by Gasteiger charge is 2.14. The number of carbonyl (C=O) groups excluding carboxylic acids is 1. The van der Waals surface area contributed by atoms with Gasteiger partial charge >= 0.3 is 0 Å². The number of Topliss-reactive ketones (excluding diaryl/α,β-unsaturated/α-hetero) is 1. The Morgan fingerprint density at radius 1 is 1.35 bits per heavy atom. The monoisotopic (exact) mass is 276 g/mol. The van der Waals surface area contributed by atoms with Crippen LogP contribution in [0.4, 0.5) is 5.69 Å². The molecule has 0 saturated heterocycles. The molecule has 0 amide bonds. The maximum atomic E-state index is 11.8. The van der Waals surface area contributed by atoms with Gasteiger partial charge in [0.05, 0.1) is 23.8 Å². The fourth-order valence-electron chi connectivity index (χ4n) is 1.62. The number of carbonyl (C=O) groups is 1. The summed E-state index contributed by atoms with van der Waals surface area (Å²) in [4.78, 5) is 24.7. The van der Waals surface area contributed by atoms with Crippen LogP contribution in [0.2, 0.25) is 0 Å². The fourth-order valence-corrected chi connectivity index (χ4v) is 1.62. The lowest BCUT2D eigenvalue weighted by Gasteiger charge is -2.09. The minimum absolute atomic E-state index is 0.131. The third-order valence-corrected chi connectivity index (χ3v) is 2.62. The van der Waals surface area contributed by atoms with Crippen molar-refractivity contribution in [2.75, 3.05) is 13.7 Å². The zero-order valence-electron chi connectivity index (χ0n) is 10.7. The molecule has 0 bridgehead atoms. The van der Waals surface area contributed by atoms with Gasteiger partial charge in [-0.15, -0.1) is 0 Å². The largest absolute Gasteiger partial charge is 0.493 e. The van der Waals surface area contributed by atoms with E-state index in [9.17, 15) is 14.9 Å². The second-order valence-electron chi connectivity index (χ2n) is 3.89. The summed E-state index contributed by atoms with van der Waals surface area (Å²) in [6.45, 7) is -0.238. The summed E-state index contributed by atoms with van der Waals surface area (Å²) in [5.41, 5.74) is 0.280. The number of ketones is 1. The van der Waals surface area contributed by atoms with Gasteiger partial charge in [0.2, 0.25) is 5.78 Å². The van der Waals surface area contributed by atoms with E-state index in [2.05, 4.69) is 4.98 Å². The highest BCUT2D eigenvalue weighted by Crippen LogP contribution is 2.31. The number of aromatic amines is 1. The minimum Gasteiger partial charge on any atom is -0.493 e. The van der Waals surface area contributed by atoms with Crippen LogP contribution in [0.25, 0.3) is 0 Å². The molecule has 0 spiro atoms. The molecule has 0 aliphatic carbocycles. The lowest BCUT2D eigenvalue weighted by Crippen LogP contribution is -2.12. The molecule has 0 atom stereocenters. The van der Waals surface area contributed by atoms with Crippen molar-refractivity contribution in [2.45, 2.75) is 0 Å². The maximum absolute atomic E-state index is 11.8. The zero-order valence-corrected chi connectivity index (χ0v) is 10.7. The minimum atomic E-state index is -0.543. The Morgan fingerprint density at radius 3 is 2.75 bits per heavy atom. The number of nitro benzene ring substituents is 1. The average Bonchev–Trinajstić information content (AvgIpc) is 2.98. The van der Waals surface area contributed by atoms with Crippen molar-refractivity contribution < 1.29 is 19.2 Å². The van der Waals surface area contributed by atoms with Crippen LogP contribution >= 0.6 is 0 Å². The summed E-state index contributed by atoms with van der Waals surface area (Å²) in [6.07, 6.45) is 1.63. The molecule has 104 valence electrons. The van der Waals surface area contributed by atoms with Crippen molar-refractivity contribution in [3.63, 3.8) is 0 Å². The second-order valence-corrected chi connectivity index (χ2v) is 3.89. The molecule has 0 radical (unpaired) electrons. The third kappa shape index (κ3) is 2.94. The topological polar surface area (TPSA) is 94.5 Å². The van der Waals surface area contributed by atoms with Gasteiger partial charge in [0.25, 0.3) is 5.69 Å². The quantitative estimate of drug-likeness (QED) is 0.495. The van der Waals surface area contributed by atoms with Crippen LogP contribution in [0.1, 0.15) is 10.5 Å². The number of aromatic nitrogens is 1. The predicted octanol–water partition coefficient (Wildman–Crippen LogP) is 2.19. The van der Waals surface area contributed by atoms with Gasteiger partial charge in [-0.3, -0.25) is 14.9 Å². The number of ether oxygens (including phenoxy) is 2. The van der Waals surface area contributed by atoms with Crippen LogP contribution < -0.4 is 9.47 Å². The first-order valence-electron chi connectivity index (χ1n) is 5.73. The number of H-pyrrole nitrogens is 1. The fraction of sp³-hybridized carbons (Fsp3) is 0.154. The van der Waals surface area contributed by atoms with E-state index in [0.29, 0.717) is 11.4 Å². The summed E-state index contributed by atoms with van der Waals surface area (Å²) in [7, 11) is 1.42. The number of hydrogen-bond donors (Lipinski definition) is 1. The molecule has 0 fully saturated rings. The lowest BCUT2D eigenvalue weighted by atomic mass is 10.2. The summed E-state index contributed by atoms with van der Waals surface area (Å²) in [5, 5.41) is 10.7. The van der Waals surface area contributed by atoms with E-state index in [-0.39, 0.29) is 23.8 Å². The lowest BCUT2D eigenvalue weighted by molar-refractivity contribution is -0.385. The van der Waals surface area contributed by atoms with Crippen LogP contribution in [0.3, 0.4) is 0 Å². The van der Waals surface area contributed by atoms with E-state index in [1.54, 1.807) is 18.3 Å². The number of rotatable bonds is 6. The molecule has 0 aliphatic heterocycles. The first-order valence-corrected chi connectivity index (χ1v) is 5.73. The average molecular weight is 276 g/mol. The van der Waals surface area contributed by atoms with Gasteiger partial charge in [0.1, 0.15) is 0 Å². The number of nitrogens with zero attached hydrogens (tertiary/aromatic N) is 1. The first-order chi connectivity index (χ1) is 9.61. The zero-order chi connectivity index (χ0) is 14.5. The van der Waals surface area contributed by atoms with Crippen LogP contribution in [-0.2, 0) is 0 Å². The van der Waals surface area contributed by atoms with E-state index in [1.165, 1.54) is 25.3 Å². The van der Waals surface area contributed by atoms with Gasteiger partial charge in [-0.2, -0.15) is 0 Å². The van der Waals surface area contributed by atoms with Crippen molar-refractivity contribution in [1.82, 2.24) is 4.98 Å². The Morgan fingerprint density at radius 2 is 2.15 bits per heavy atom. The van der Waals surface area contributed by atoms with Crippen LogP contribution in [-0.4, -0.2) is 29.4 Å². The van der Waals surface area contributed by atoms with E-state index in [1.807, 2.05) is 0 Å². The van der Waals surface area contributed by atoms with Crippen LogP contribution in [0.5, 0.6) is 11.5 Å². The molecule has 7 nitrogen and oxygen atoms in total. The van der Waals surface area contributed by atoms with Crippen molar-refractivity contribution >= 4 is 11.5 Å². The Balaban J connectivity index is 2.13. The molecule has 20 heavy (non-hydrogen) atoms. The SMILES string of the molecule is COc1ccc([N+](=O)[O-])cc1OCC(=O)c1ccc[nH]1. The van der Waals surface area contributed by atoms with E-state index >= 15 is 0 Å². The number of nitro groups is 1. The van der Waals surface area contributed by atoms with E-state index in [0.717, 1.165) is 0 Å². The molecule has 2 rings (SSSR count). The molecule has 1 aromatic heterocycles. The smallest absolute Gasteiger partial charge is 0.273 e. The van der Waals surface area contributed by atoms with Crippen LogP contribution in [0.15, 0.2) is 36.5 Å². The summed E-state index contributed by atoms with van der Waals surface area (Å²) in [6, 6.07) is 7.27. The third-order valence-electron chi connectivity index (χ3n) is 2.62. The highest BCUT2D eigenvalue weighted by molar-refractivity contribution is 5.95. The Hall–Kier alpha value is -2.83. The number of nitrogens with one attached hydrogen (secondary N) is 1.